The second kappa shape index (κ2) is 16.3. The number of alkyl halides is 6. The highest BCUT2D eigenvalue weighted by atomic mass is 19.4. The third kappa shape index (κ3) is 9.07. The van der Waals surface area contributed by atoms with Gasteiger partial charge in [0.1, 0.15) is 17.6 Å². The zero-order chi connectivity index (χ0) is 38.7. The molecule has 2 heterocycles. The van der Waals surface area contributed by atoms with Crippen molar-refractivity contribution in [3.8, 4) is 5.75 Å². The Morgan fingerprint density at radius 2 is 1.73 bits per heavy atom. The van der Waals surface area contributed by atoms with E-state index in [2.05, 4.69) is 5.32 Å². The predicted octanol–water partition coefficient (Wildman–Crippen LogP) is 7.27. The van der Waals surface area contributed by atoms with E-state index in [0.717, 1.165) is 17.2 Å². The van der Waals surface area contributed by atoms with Crippen LogP contribution in [0.25, 0.3) is 5.57 Å². The van der Waals surface area contributed by atoms with E-state index in [1.807, 2.05) is 4.90 Å². The summed E-state index contributed by atoms with van der Waals surface area (Å²) >= 11 is 0. The number of allylic oxidation sites excluding steroid dienone is 2. The number of methoxy groups -OCH3 is 1. The van der Waals surface area contributed by atoms with Crippen LogP contribution in [-0.2, 0) is 26.9 Å². The van der Waals surface area contributed by atoms with Crippen molar-refractivity contribution in [1.82, 2.24) is 14.8 Å². The summed E-state index contributed by atoms with van der Waals surface area (Å²) in [6.45, 7) is 9.70. The van der Waals surface area contributed by atoms with Gasteiger partial charge in [-0.05, 0) is 99.0 Å². The second-order valence-electron chi connectivity index (χ2n) is 13.6. The topological polar surface area (TPSA) is 89.9 Å². The van der Waals surface area contributed by atoms with E-state index < -0.39 is 71.2 Å². The average Bonchev–Trinajstić information content (AvgIpc) is 3.36. The number of carbonyl (C=O) groups excluding carboxylic acids is 2. The summed E-state index contributed by atoms with van der Waals surface area (Å²) in [5, 5.41) is 2.54. The summed E-state index contributed by atoms with van der Waals surface area (Å²) in [5.41, 5.74) is -3.17. The Morgan fingerprint density at radius 3 is 2.27 bits per heavy atom. The van der Waals surface area contributed by atoms with Gasteiger partial charge in [0, 0.05) is 18.8 Å². The number of likely N-dealkylation sites (tertiary alicyclic amines) is 1. The quantitative estimate of drug-likeness (QED) is 0.162. The molecule has 0 saturated carbocycles. The molecule has 1 N–H and O–H groups in total. The minimum Gasteiger partial charge on any atom is -0.496 e. The van der Waals surface area contributed by atoms with Gasteiger partial charge in [0.2, 0.25) is 5.91 Å². The molecule has 4 rings (SSSR count). The van der Waals surface area contributed by atoms with Crippen molar-refractivity contribution < 1.29 is 49.8 Å². The monoisotopic (exact) mass is 743 g/mol. The first-order valence-corrected chi connectivity index (χ1v) is 17.1. The number of halogens is 7. The first kappa shape index (κ1) is 40.6. The van der Waals surface area contributed by atoms with Crippen LogP contribution >= 0.6 is 0 Å². The Balaban J connectivity index is 1.85. The van der Waals surface area contributed by atoms with Gasteiger partial charge in [-0.15, -0.1) is 0 Å². The smallest absolute Gasteiger partial charge is 0.418 e. The lowest BCUT2D eigenvalue weighted by Crippen LogP contribution is -2.47. The molecule has 2 aromatic rings. The highest BCUT2D eigenvalue weighted by Gasteiger charge is 2.47. The van der Waals surface area contributed by atoms with Gasteiger partial charge in [-0.3, -0.25) is 14.4 Å². The lowest BCUT2D eigenvalue weighted by molar-refractivity contribution is -0.144. The Labute approximate surface area is 297 Å². The summed E-state index contributed by atoms with van der Waals surface area (Å²) < 4.78 is 113. The summed E-state index contributed by atoms with van der Waals surface area (Å²) in [5.74, 6) is -5.43. The van der Waals surface area contributed by atoms with E-state index in [-0.39, 0.29) is 48.6 Å². The summed E-state index contributed by atoms with van der Waals surface area (Å²) in [6.07, 6.45) is -8.36. The molecule has 1 saturated heterocycles. The molecule has 1 amide bonds. The molecule has 15 heteroatoms. The molecule has 286 valence electrons. The molecular weight excluding hydrogens is 699 g/mol. The van der Waals surface area contributed by atoms with Crippen molar-refractivity contribution in [2.75, 3.05) is 33.4 Å². The fraction of sp³-hybridized carbons (Fsp3) is 0.541. The third-order valence-corrected chi connectivity index (χ3v) is 9.47. The lowest BCUT2D eigenvalue weighted by atomic mass is 9.83. The van der Waals surface area contributed by atoms with Gasteiger partial charge in [-0.2, -0.15) is 26.3 Å². The first-order chi connectivity index (χ1) is 24.3. The van der Waals surface area contributed by atoms with Crippen LogP contribution in [0.4, 0.5) is 30.7 Å². The molecule has 1 aliphatic heterocycles. The van der Waals surface area contributed by atoms with Gasteiger partial charge in [-0.1, -0.05) is 19.9 Å². The highest BCUT2D eigenvalue weighted by molar-refractivity contribution is 5.85. The van der Waals surface area contributed by atoms with Gasteiger partial charge in [0.25, 0.3) is 5.56 Å². The lowest BCUT2D eigenvalue weighted by Gasteiger charge is -2.32. The minimum atomic E-state index is -5.15. The number of ether oxygens (including phenoxy) is 2. The van der Waals surface area contributed by atoms with Crippen LogP contribution in [0.3, 0.4) is 0 Å². The highest BCUT2D eigenvalue weighted by Crippen LogP contribution is 2.49. The van der Waals surface area contributed by atoms with Crippen molar-refractivity contribution in [3.05, 3.63) is 80.0 Å². The van der Waals surface area contributed by atoms with Crippen LogP contribution in [-0.4, -0.2) is 66.9 Å². The molecule has 8 nitrogen and oxygen atoms in total. The van der Waals surface area contributed by atoms with Crippen molar-refractivity contribution in [1.29, 1.82) is 0 Å². The SMILES string of the molecule is CCOC(=O)C[C@H](NC(=O)C(CC(C)C)n1cc(CCN2CCC2)c(C(F)(F)F)cc1=O)C1C(c2c(C)ccc(OC)c2C)=CC(C(F)(F)F)=C1F. The summed E-state index contributed by atoms with van der Waals surface area (Å²) in [4.78, 5) is 42.5. The van der Waals surface area contributed by atoms with Crippen LogP contribution in [0.5, 0.6) is 5.75 Å². The molecule has 1 aromatic carbocycles. The van der Waals surface area contributed by atoms with Gasteiger partial charge in [-0.25, -0.2) is 4.39 Å². The number of amides is 1. The number of nitrogens with zero attached hydrogens (tertiary/aromatic N) is 2. The molecule has 0 radical (unpaired) electrons. The van der Waals surface area contributed by atoms with E-state index in [1.165, 1.54) is 14.0 Å². The standard InChI is InChI=1S/C37H44F7N3O5/c1-7-52-31(49)18-27(33-24(16-26(34(33)38)37(42,43)44)32-21(4)9-10-29(51-6)22(32)5)45-35(50)28(15-20(2)3)47-19-23(11-14-46-12-8-13-46)25(17-30(47)48)36(39,40)41/h9-10,16-17,19-20,27-28,33H,7-8,11-15,18H2,1-6H3,(H,45,50)/t27-,28?,33?/m0/s1. The number of carbonyl (C=O) groups is 2. The maximum Gasteiger partial charge on any atom is 0.418 e. The Morgan fingerprint density at radius 1 is 1.06 bits per heavy atom. The number of hydrogen-bond donors (Lipinski definition) is 1. The molecular formula is C37H44F7N3O5. The van der Waals surface area contributed by atoms with Crippen molar-refractivity contribution in [2.45, 2.75) is 84.7 Å². The van der Waals surface area contributed by atoms with Crippen molar-refractivity contribution in [2.24, 2.45) is 11.8 Å². The number of benzene rings is 1. The van der Waals surface area contributed by atoms with E-state index in [1.54, 1.807) is 39.8 Å². The number of rotatable bonds is 14. The van der Waals surface area contributed by atoms with Crippen LogP contribution in [0.15, 0.2) is 46.7 Å². The van der Waals surface area contributed by atoms with E-state index in [0.29, 0.717) is 42.1 Å². The number of esters is 1. The number of nitrogens with one attached hydrogen (secondary N) is 1. The van der Waals surface area contributed by atoms with Gasteiger partial charge >= 0.3 is 18.3 Å². The predicted molar refractivity (Wildman–Crippen MR) is 180 cm³/mol. The van der Waals surface area contributed by atoms with E-state index in [9.17, 15) is 40.7 Å². The molecule has 0 bridgehead atoms. The average molecular weight is 744 g/mol. The fourth-order valence-electron chi connectivity index (χ4n) is 6.86. The fourth-order valence-corrected chi connectivity index (χ4v) is 6.86. The summed E-state index contributed by atoms with van der Waals surface area (Å²) in [6, 6.07) is 0.475. The first-order valence-electron chi connectivity index (χ1n) is 17.1. The van der Waals surface area contributed by atoms with Crippen molar-refractivity contribution >= 4 is 17.4 Å². The van der Waals surface area contributed by atoms with Crippen LogP contribution in [0.2, 0.25) is 0 Å². The Bertz CT molecular complexity index is 1770. The Hall–Kier alpha value is -4.14. The summed E-state index contributed by atoms with van der Waals surface area (Å²) in [7, 11) is 1.36. The number of aryl methyl sites for hydroxylation is 1. The number of aromatic nitrogens is 1. The number of pyridine rings is 1. The van der Waals surface area contributed by atoms with Gasteiger partial charge in [0.05, 0.1) is 43.2 Å². The molecule has 1 fully saturated rings. The van der Waals surface area contributed by atoms with Crippen LogP contribution in [0, 0.1) is 25.7 Å². The molecule has 3 atom stereocenters. The second-order valence-corrected chi connectivity index (χ2v) is 13.6. The minimum absolute atomic E-state index is 0.0671. The molecule has 2 aliphatic rings. The third-order valence-electron chi connectivity index (χ3n) is 9.47. The zero-order valence-electron chi connectivity index (χ0n) is 29.9. The Kier molecular flexibility index (Phi) is 12.7. The van der Waals surface area contributed by atoms with Crippen molar-refractivity contribution in [3.63, 3.8) is 0 Å². The van der Waals surface area contributed by atoms with Crippen LogP contribution in [0.1, 0.15) is 73.9 Å². The number of hydrogen-bond acceptors (Lipinski definition) is 6. The maximum absolute atomic E-state index is 16.3. The molecule has 2 unspecified atom stereocenters. The van der Waals surface area contributed by atoms with Crippen LogP contribution < -0.4 is 15.6 Å². The van der Waals surface area contributed by atoms with Gasteiger partial charge < -0.3 is 24.3 Å². The molecule has 1 aromatic heterocycles. The maximum atomic E-state index is 16.3. The van der Waals surface area contributed by atoms with Gasteiger partial charge in [0.15, 0.2) is 0 Å². The molecule has 0 spiro atoms. The molecule has 1 aliphatic carbocycles. The zero-order valence-corrected chi connectivity index (χ0v) is 29.9. The molecule has 52 heavy (non-hydrogen) atoms. The van der Waals surface area contributed by atoms with E-state index in [4.69, 9.17) is 9.47 Å². The largest absolute Gasteiger partial charge is 0.496 e. The van der Waals surface area contributed by atoms with E-state index >= 15 is 4.39 Å². The normalized spacial score (nSPS) is 17.9.